The Morgan fingerprint density at radius 3 is 2.50 bits per heavy atom. The molecular formula is C16H26O4. The molecule has 114 valence electrons. The van der Waals surface area contributed by atoms with Crippen molar-refractivity contribution in [3.8, 4) is 11.8 Å². The van der Waals surface area contributed by atoms with Gasteiger partial charge >= 0.3 is 0 Å². The maximum absolute atomic E-state index is 12.2. The van der Waals surface area contributed by atoms with Gasteiger partial charge in [0.2, 0.25) is 0 Å². The molecule has 1 N–H and O–H groups in total. The smallest absolute Gasteiger partial charge is 0.187 e. The van der Waals surface area contributed by atoms with Crippen LogP contribution in [0.4, 0.5) is 0 Å². The van der Waals surface area contributed by atoms with E-state index in [1.165, 1.54) is 6.92 Å². The van der Waals surface area contributed by atoms with E-state index in [0.29, 0.717) is 19.6 Å². The Hall–Kier alpha value is -0.890. The Kier molecular flexibility index (Phi) is 5.76. The van der Waals surface area contributed by atoms with E-state index in [2.05, 4.69) is 11.8 Å². The zero-order valence-electron chi connectivity index (χ0n) is 13.2. The van der Waals surface area contributed by atoms with E-state index in [1.54, 1.807) is 6.92 Å². The summed E-state index contributed by atoms with van der Waals surface area (Å²) in [5.74, 6) is 5.49. The Bertz CT molecular complexity index is 408. The quantitative estimate of drug-likeness (QED) is 0.783. The highest BCUT2D eigenvalue weighted by atomic mass is 16.5. The summed E-state index contributed by atoms with van der Waals surface area (Å²) < 4.78 is 11.5. The van der Waals surface area contributed by atoms with Crippen LogP contribution in [0.25, 0.3) is 0 Å². The van der Waals surface area contributed by atoms with Crippen molar-refractivity contribution >= 4 is 5.78 Å². The van der Waals surface area contributed by atoms with Gasteiger partial charge in [0.1, 0.15) is 6.10 Å². The maximum atomic E-state index is 12.2. The molecule has 1 saturated carbocycles. The number of hydrogen-bond donors (Lipinski definition) is 1. The fraction of sp³-hybridized carbons (Fsp3) is 0.812. The van der Waals surface area contributed by atoms with Crippen LogP contribution in [0, 0.1) is 17.8 Å². The third-order valence-electron chi connectivity index (χ3n) is 4.12. The average Bonchev–Trinajstić information content (AvgIpc) is 2.38. The molecular weight excluding hydrogens is 256 g/mol. The van der Waals surface area contributed by atoms with Crippen LogP contribution in [0.2, 0.25) is 0 Å². The first kappa shape index (κ1) is 17.2. The van der Waals surface area contributed by atoms with Gasteiger partial charge < -0.3 is 14.6 Å². The van der Waals surface area contributed by atoms with E-state index in [0.717, 1.165) is 6.42 Å². The summed E-state index contributed by atoms with van der Waals surface area (Å²) >= 11 is 0. The van der Waals surface area contributed by atoms with Crippen molar-refractivity contribution in [2.45, 2.75) is 64.8 Å². The van der Waals surface area contributed by atoms with Crippen LogP contribution in [0.15, 0.2) is 0 Å². The SMILES string of the molecule is CC#CC1(O)C(OCC)C(C)CCC1(OCC)C(C)=O. The molecule has 0 bridgehead atoms. The van der Waals surface area contributed by atoms with Crippen molar-refractivity contribution in [2.24, 2.45) is 5.92 Å². The normalized spacial score (nSPS) is 37.1. The van der Waals surface area contributed by atoms with Crippen LogP contribution in [-0.2, 0) is 14.3 Å². The second-order valence-electron chi connectivity index (χ2n) is 5.35. The topological polar surface area (TPSA) is 55.8 Å². The molecule has 0 radical (unpaired) electrons. The van der Waals surface area contributed by atoms with E-state index < -0.39 is 17.3 Å². The summed E-state index contributed by atoms with van der Waals surface area (Å²) in [6.07, 6.45) is 0.702. The highest BCUT2D eigenvalue weighted by molar-refractivity contribution is 5.88. The zero-order chi connectivity index (χ0) is 15.4. The lowest BCUT2D eigenvalue weighted by atomic mass is 9.64. The second-order valence-corrected chi connectivity index (χ2v) is 5.35. The highest BCUT2D eigenvalue weighted by Crippen LogP contribution is 2.44. The number of rotatable bonds is 5. The van der Waals surface area contributed by atoms with Gasteiger partial charge in [-0.2, -0.15) is 0 Å². The summed E-state index contributed by atoms with van der Waals surface area (Å²) in [6, 6.07) is 0. The van der Waals surface area contributed by atoms with Crippen LogP contribution in [0.5, 0.6) is 0 Å². The Balaban J connectivity index is 3.39. The summed E-state index contributed by atoms with van der Waals surface area (Å²) in [5.41, 5.74) is -2.89. The first-order valence-corrected chi connectivity index (χ1v) is 7.32. The average molecular weight is 282 g/mol. The second kappa shape index (κ2) is 6.71. The molecule has 20 heavy (non-hydrogen) atoms. The Morgan fingerprint density at radius 2 is 2.05 bits per heavy atom. The molecule has 0 aromatic carbocycles. The molecule has 4 unspecified atom stereocenters. The van der Waals surface area contributed by atoms with Crippen LogP contribution in [0.3, 0.4) is 0 Å². The van der Waals surface area contributed by atoms with Crippen molar-refractivity contribution < 1.29 is 19.4 Å². The van der Waals surface area contributed by atoms with Crippen molar-refractivity contribution in [1.29, 1.82) is 0 Å². The van der Waals surface area contributed by atoms with E-state index in [1.807, 2.05) is 20.8 Å². The highest BCUT2D eigenvalue weighted by Gasteiger charge is 2.62. The van der Waals surface area contributed by atoms with Crippen molar-refractivity contribution in [3.63, 3.8) is 0 Å². The third kappa shape index (κ3) is 2.63. The summed E-state index contributed by atoms with van der Waals surface area (Å²) in [7, 11) is 0. The van der Waals surface area contributed by atoms with Gasteiger partial charge in [-0.1, -0.05) is 12.8 Å². The Morgan fingerprint density at radius 1 is 1.40 bits per heavy atom. The molecule has 4 atom stereocenters. The van der Waals surface area contributed by atoms with Gasteiger partial charge in [0.15, 0.2) is 17.0 Å². The van der Waals surface area contributed by atoms with Gasteiger partial charge in [-0.05, 0) is 46.5 Å². The van der Waals surface area contributed by atoms with Gasteiger partial charge in [0.05, 0.1) is 0 Å². The minimum Gasteiger partial charge on any atom is -0.374 e. The van der Waals surface area contributed by atoms with Gasteiger partial charge in [-0.3, -0.25) is 4.79 Å². The number of carbonyl (C=O) groups is 1. The van der Waals surface area contributed by atoms with E-state index in [9.17, 15) is 9.90 Å². The predicted molar refractivity (Wildman–Crippen MR) is 77.2 cm³/mol. The predicted octanol–water partition coefficient (Wildman–Crippen LogP) is 1.94. The summed E-state index contributed by atoms with van der Waals surface area (Å²) in [6.45, 7) is 9.62. The molecule has 1 rings (SSSR count). The minimum atomic E-state index is -1.60. The van der Waals surface area contributed by atoms with Crippen molar-refractivity contribution in [2.75, 3.05) is 13.2 Å². The molecule has 1 fully saturated rings. The molecule has 4 heteroatoms. The number of ether oxygens (including phenoxy) is 2. The molecule has 1 aliphatic rings. The Labute approximate surface area is 121 Å². The van der Waals surface area contributed by atoms with E-state index >= 15 is 0 Å². The number of ketones is 1. The minimum absolute atomic E-state index is 0.119. The molecule has 0 aliphatic heterocycles. The number of hydrogen-bond acceptors (Lipinski definition) is 4. The third-order valence-corrected chi connectivity index (χ3v) is 4.12. The zero-order valence-corrected chi connectivity index (χ0v) is 13.2. The monoisotopic (exact) mass is 282 g/mol. The number of Topliss-reactive ketones (excluding diaryl/α,β-unsaturated/α-hetero) is 1. The lowest BCUT2D eigenvalue weighted by molar-refractivity contribution is -0.231. The van der Waals surface area contributed by atoms with Crippen LogP contribution in [-0.4, -0.2) is 41.4 Å². The fourth-order valence-electron chi connectivity index (χ4n) is 3.22. The fourth-order valence-corrected chi connectivity index (χ4v) is 3.22. The standard InChI is InChI=1S/C16H26O4/c1-6-10-15(18)14(19-7-2)12(4)9-11-16(15,13(5)17)20-8-3/h12,14,18H,7-9,11H2,1-5H3. The molecule has 0 aromatic rings. The lowest BCUT2D eigenvalue weighted by Crippen LogP contribution is -2.69. The van der Waals surface area contributed by atoms with E-state index in [4.69, 9.17) is 9.47 Å². The molecule has 4 nitrogen and oxygen atoms in total. The molecule has 0 aromatic heterocycles. The number of carbonyl (C=O) groups excluding carboxylic acids is 1. The first-order valence-electron chi connectivity index (χ1n) is 7.32. The molecule has 0 amide bonds. The molecule has 0 saturated heterocycles. The van der Waals surface area contributed by atoms with Gasteiger partial charge in [0.25, 0.3) is 0 Å². The number of aliphatic hydroxyl groups is 1. The van der Waals surface area contributed by atoms with Crippen molar-refractivity contribution in [3.05, 3.63) is 0 Å². The van der Waals surface area contributed by atoms with Gasteiger partial charge in [-0.15, -0.1) is 5.92 Å². The van der Waals surface area contributed by atoms with Crippen LogP contribution >= 0.6 is 0 Å². The van der Waals surface area contributed by atoms with Gasteiger partial charge in [0, 0.05) is 13.2 Å². The largest absolute Gasteiger partial charge is 0.374 e. The van der Waals surface area contributed by atoms with Gasteiger partial charge in [-0.25, -0.2) is 0 Å². The van der Waals surface area contributed by atoms with Crippen LogP contribution < -0.4 is 0 Å². The summed E-state index contributed by atoms with van der Waals surface area (Å²) in [4.78, 5) is 12.2. The summed E-state index contributed by atoms with van der Waals surface area (Å²) in [5, 5.41) is 11.2. The molecule has 0 spiro atoms. The molecule has 0 heterocycles. The van der Waals surface area contributed by atoms with Crippen LogP contribution in [0.1, 0.15) is 47.5 Å². The van der Waals surface area contributed by atoms with Crippen molar-refractivity contribution in [1.82, 2.24) is 0 Å². The first-order chi connectivity index (χ1) is 9.39. The molecule has 1 aliphatic carbocycles. The van der Waals surface area contributed by atoms with E-state index in [-0.39, 0.29) is 11.7 Å². The lowest BCUT2D eigenvalue weighted by Gasteiger charge is -2.51. The maximum Gasteiger partial charge on any atom is 0.187 e.